The van der Waals surface area contributed by atoms with Gasteiger partial charge in [0.05, 0.1) is 0 Å². The molecule has 25 heavy (non-hydrogen) atoms. The number of carboxylic acid groups (broad SMARTS) is 1. The quantitative estimate of drug-likeness (QED) is 0.872. The lowest BCUT2D eigenvalue weighted by molar-refractivity contribution is -0.139. The molecular weight excluding hydrogens is 321 g/mol. The molecule has 2 aromatic rings. The third kappa shape index (κ3) is 5.14. The normalized spacial score (nSPS) is 12.5. The summed E-state index contributed by atoms with van der Waals surface area (Å²) in [6.45, 7) is 6.22. The number of benzene rings is 2. The SMILES string of the molecule is CC(C)(C)c1ccc(C(=O)N[C@H](Cc2ccc(F)cc2)C(=O)O)cc1. The van der Waals surface area contributed by atoms with Gasteiger partial charge in [-0.15, -0.1) is 0 Å². The molecule has 0 aliphatic heterocycles. The third-order valence-corrected chi connectivity index (χ3v) is 3.97. The maximum absolute atomic E-state index is 12.9. The average Bonchev–Trinajstić information content (AvgIpc) is 2.55. The van der Waals surface area contributed by atoms with E-state index in [-0.39, 0.29) is 11.8 Å². The molecule has 0 heterocycles. The molecule has 0 aromatic heterocycles. The van der Waals surface area contributed by atoms with E-state index in [1.807, 2.05) is 12.1 Å². The summed E-state index contributed by atoms with van der Waals surface area (Å²) >= 11 is 0. The van der Waals surface area contributed by atoms with Gasteiger partial charge in [0.1, 0.15) is 11.9 Å². The lowest BCUT2D eigenvalue weighted by atomic mass is 9.86. The molecule has 5 heteroatoms. The van der Waals surface area contributed by atoms with E-state index in [9.17, 15) is 19.1 Å². The minimum absolute atomic E-state index is 0.0266. The number of carboxylic acids is 1. The fourth-order valence-corrected chi connectivity index (χ4v) is 2.42. The van der Waals surface area contributed by atoms with Crippen LogP contribution in [0, 0.1) is 5.82 Å². The fourth-order valence-electron chi connectivity index (χ4n) is 2.42. The van der Waals surface area contributed by atoms with Crippen LogP contribution in [0.5, 0.6) is 0 Å². The van der Waals surface area contributed by atoms with Gasteiger partial charge in [-0.25, -0.2) is 9.18 Å². The smallest absolute Gasteiger partial charge is 0.326 e. The number of rotatable bonds is 5. The summed E-state index contributed by atoms with van der Waals surface area (Å²) in [6, 6.07) is 11.6. The van der Waals surface area contributed by atoms with Gasteiger partial charge in [-0.05, 0) is 40.8 Å². The van der Waals surface area contributed by atoms with Crippen molar-refractivity contribution in [3.63, 3.8) is 0 Å². The molecule has 0 spiro atoms. The minimum Gasteiger partial charge on any atom is -0.480 e. The monoisotopic (exact) mass is 343 g/mol. The Morgan fingerprint density at radius 2 is 1.60 bits per heavy atom. The van der Waals surface area contributed by atoms with Crippen LogP contribution in [-0.4, -0.2) is 23.0 Å². The summed E-state index contributed by atoms with van der Waals surface area (Å²) in [5.74, 6) is -1.97. The zero-order chi connectivity index (χ0) is 18.6. The van der Waals surface area contributed by atoms with Gasteiger partial charge >= 0.3 is 5.97 Å². The first-order chi connectivity index (χ1) is 11.7. The molecule has 0 radical (unpaired) electrons. The number of carbonyl (C=O) groups excluding carboxylic acids is 1. The van der Waals surface area contributed by atoms with Crippen molar-refractivity contribution in [3.05, 3.63) is 71.0 Å². The van der Waals surface area contributed by atoms with Crippen LogP contribution in [0.25, 0.3) is 0 Å². The fraction of sp³-hybridized carbons (Fsp3) is 0.300. The van der Waals surface area contributed by atoms with E-state index < -0.39 is 23.7 Å². The van der Waals surface area contributed by atoms with Crippen LogP contribution < -0.4 is 5.32 Å². The van der Waals surface area contributed by atoms with E-state index in [2.05, 4.69) is 26.1 Å². The predicted octanol–water partition coefficient (Wildman–Crippen LogP) is 3.55. The molecule has 2 aromatic carbocycles. The van der Waals surface area contributed by atoms with Gasteiger partial charge < -0.3 is 10.4 Å². The summed E-state index contributed by atoms with van der Waals surface area (Å²) < 4.78 is 12.9. The van der Waals surface area contributed by atoms with Gasteiger partial charge in [0.2, 0.25) is 0 Å². The molecule has 1 atom stereocenters. The molecular formula is C20H22FNO3. The van der Waals surface area contributed by atoms with Gasteiger partial charge in [0, 0.05) is 12.0 Å². The second-order valence-corrected chi connectivity index (χ2v) is 7.02. The average molecular weight is 343 g/mol. The number of carbonyl (C=O) groups is 2. The van der Waals surface area contributed by atoms with Crippen LogP contribution in [-0.2, 0) is 16.6 Å². The largest absolute Gasteiger partial charge is 0.480 e. The van der Waals surface area contributed by atoms with Gasteiger partial charge in [-0.3, -0.25) is 4.79 Å². The molecule has 4 nitrogen and oxygen atoms in total. The highest BCUT2D eigenvalue weighted by Crippen LogP contribution is 2.22. The van der Waals surface area contributed by atoms with Crippen molar-refractivity contribution < 1.29 is 19.1 Å². The summed E-state index contributed by atoms with van der Waals surface area (Å²) in [7, 11) is 0. The Kier molecular flexibility index (Phi) is 5.57. The van der Waals surface area contributed by atoms with Crippen molar-refractivity contribution in [2.24, 2.45) is 0 Å². The van der Waals surface area contributed by atoms with Crippen LogP contribution >= 0.6 is 0 Å². The predicted molar refractivity (Wildman–Crippen MR) is 94.1 cm³/mol. The summed E-state index contributed by atoms with van der Waals surface area (Å²) in [5, 5.41) is 11.9. The molecule has 0 saturated carbocycles. The van der Waals surface area contributed by atoms with E-state index in [4.69, 9.17) is 0 Å². The Balaban J connectivity index is 2.09. The van der Waals surface area contributed by atoms with Gasteiger partial charge in [0.15, 0.2) is 0 Å². The molecule has 2 N–H and O–H groups in total. The topological polar surface area (TPSA) is 66.4 Å². The van der Waals surface area contributed by atoms with Crippen LogP contribution in [0.4, 0.5) is 4.39 Å². The first-order valence-electron chi connectivity index (χ1n) is 8.05. The molecule has 0 bridgehead atoms. The second kappa shape index (κ2) is 7.47. The molecule has 0 saturated heterocycles. The van der Waals surface area contributed by atoms with E-state index in [1.165, 1.54) is 24.3 Å². The lowest BCUT2D eigenvalue weighted by Crippen LogP contribution is -2.42. The zero-order valence-electron chi connectivity index (χ0n) is 14.5. The van der Waals surface area contributed by atoms with Crippen molar-refractivity contribution in [2.45, 2.75) is 38.6 Å². The van der Waals surface area contributed by atoms with E-state index >= 15 is 0 Å². The van der Waals surface area contributed by atoms with Crippen molar-refractivity contribution in [1.82, 2.24) is 5.32 Å². The number of amides is 1. The summed E-state index contributed by atoms with van der Waals surface area (Å²) in [5.41, 5.74) is 2.10. The van der Waals surface area contributed by atoms with Crippen molar-refractivity contribution in [2.75, 3.05) is 0 Å². The van der Waals surface area contributed by atoms with Gasteiger partial charge in [-0.2, -0.15) is 0 Å². The maximum atomic E-state index is 12.9. The molecule has 2 rings (SSSR count). The first-order valence-corrected chi connectivity index (χ1v) is 8.05. The van der Waals surface area contributed by atoms with Gasteiger partial charge in [0.25, 0.3) is 5.91 Å². The molecule has 0 fully saturated rings. The molecule has 1 amide bonds. The van der Waals surface area contributed by atoms with E-state index in [0.717, 1.165) is 5.56 Å². The van der Waals surface area contributed by atoms with Crippen molar-refractivity contribution >= 4 is 11.9 Å². The highest BCUT2D eigenvalue weighted by atomic mass is 19.1. The van der Waals surface area contributed by atoms with Crippen LogP contribution in [0.15, 0.2) is 48.5 Å². The number of aliphatic carboxylic acids is 1. The van der Waals surface area contributed by atoms with Gasteiger partial charge in [-0.1, -0.05) is 45.0 Å². The van der Waals surface area contributed by atoms with Crippen LogP contribution in [0.2, 0.25) is 0 Å². The third-order valence-electron chi connectivity index (χ3n) is 3.97. The van der Waals surface area contributed by atoms with Crippen molar-refractivity contribution in [1.29, 1.82) is 0 Å². The highest BCUT2D eigenvalue weighted by molar-refractivity contribution is 5.96. The number of hydrogen-bond acceptors (Lipinski definition) is 2. The standard InChI is InChI=1S/C20H22FNO3/c1-20(2,3)15-8-6-14(7-9-15)18(23)22-17(19(24)25)12-13-4-10-16(21)11-5-13/h4-11,17H,12H2,1-3H3,(H,22,23)(H,24,25)/t17-/m1/s1. The maximum Gasteiger partial charge on any atom is 0.326 e. The molecule has 0 aliphatic rings. The van der Waals surface area contributed by atoms with E-state index in [1.54, 1.807) is 12.1 Å². The Hall–Kier alpha value is -2.69. The van der Waals surface area contributed by atoms with Crippen molar-refractivity contribution in [3.8, 4) is 0 Å². The molecule has 0 unspecified atom stereocenters. The van der Waals surface area contributed by atoms with E-state index in [0.29, 0.717) is 11.1 Å². The summed E-state index contributed by atoms with van der Waals surface area (Å²) in [6.07, 6.45) is 0.0848. The number of nitrogens with one attached hydrogen (secondary N) is 1. The van der Waals surface area contributed by atoms with Crippen LogP contribution in [0.1, 0.15) is 42.3 Å². The Morgan fingerprint density at radius 1 is 1.04 bits per heavy atom. The Morgan fingerprint density at radius 3 is 2.08 bits per heavy atom. The first kappa shape index (κ1) is 18.6. The molecule has 132 valence electrons. The Bertz CT molecular complexity index is 746. The highest BCUT2D eigenvalue weighted by Gasteiger charge is 2.21. The second-order valence-electron chi connectivity index (χ2n) is 7.02. The Labute approximate surface area is 146 Å². The lowest BCUT2D eigenvalue weighted by Gasteiger charge is -2.19. The molecule has 0 aliphatic carbocycles. The zero-order valence-corrected chi connectivity index (χ0v) is 14.5. The summed E-state index contributed by atoms with van der Waals surface area (Å²) in [4.78, 5) is 23.8. The number of halogens is 1. The minimum atomic E-state index is -1.14. The number of hydrogen-bond donors (Lipinski definition) is 2. The van der Waals surface area contributed by atoms with Crippen LogP contribution in [0.3, 0.4) is 0 Å².